The van der Waals surface area contributed by atoms with Crippen LogP contribution in [0.4, 0.5) is 11.6 Å². The van der Waals surface area contributed by atoms with Gasteiger partial charge in [-0.15, -0.1) is 0 Å². The maximum Gasteiger partial charge on any atom is 0.148 e. The van der Waals surface area contributed by atoms with E-state index in [1.807, 2.05) is 6.92 Å². The molecule has 1 aromatic rings. The fourth-order valence-corrected chi connectivity index (χ4v) is 2.39. The number of rotatable bonds is 2. The van der Waals surface area contributed by atoms with Gasteiger partial charge >= 0.3 is 0 Å². The second-order valence-electron chi connectivity index (χ2n) is 6.29. The molecule has 0 radical (unpaired) electrons. The van der Waals surface area contributed by atoms with Crippen molar-refractivity contribution in [2.24, 2.45) is 5.84 Å². The molecule has 1 saturated heterocycles. The normalized spacial score (nSPS) is 16.6. The summed E-state index contributed by atoms with van der Waals surface area (Å²) in [7, 11) is 0. The first-order valence-corrected chi connectivity index (χ1v) is 7.04. The number of piperidine rings is 1. The molecule has 0 amide bonds. The molecule has 0 aromatic carbocycles. The highest BCUT2D eigenvalue weighted by molar-refractivity contribution is 5.58. The molecule has 19 heavy (non-hydrogen) atoms. The molecular weight excluding hydrogens is 238 g/mol. The highest BCUT2D eigenvalue weighted by atomic mass is 15.3. The Bertz CT molecular complexity index is 444. The molecular formula is C14H25N5. The van der Waals surface area contributed by atoms with Crippen molar-refractivity contribution in [3.05, 3.63) is 11.4 Å². The Morgan fingerprint density at radius 2 is 1.74 bits per heavy atom. The van der Waals surface area contributed by atoms with Crippen molar-refractivity contribution in [3.63, 3.8) is 0 Å². The fraction of sp³-hybridized carbons (Fsp3) is 0.714. The molecule has 5 nitrogen and oxygen atoms in total. The van der Waals surface area contributed by atoms with Crippen LogP contribution >= 0.6 is 0 Å². The van der Waals surface area contributed by atoms with Gasteiger partial charge in [0.25, 0.3) is 0 Å². The van der Waals surface area contributed by atoms with E-state index in [1.165, 1.54) is 19.3 Å². The lowest BCUT2D eigenvalue weighted by atomic mass is 9.95. The molecule has 0 aliphatic carbocycles. The smallest absolute Gasteiger partial charge is 0.148 e. The summed E-state index contributed by atoms with van der Waals surface area (Å²) in [6.45, 7) is 10.6. The molecule has 0 saturated carbocycles. The summed E-state index contributed by atoms with van der Waals surface area (Å²) in [4.78, 5) is 11.7. The summed E-state index contributed by atoms with van der Waals surface area (Å²) in [6.07, 6.45) is 3.79. The molecule has 2 rings (SSSR count). The molecule has 2 heterocycles. The van der Waals surface area contributed by atoms with Crippen LogP contribution < -0.4 is 16.2 Å². The molecule has 3 N–H and O–H groups in total. The number of hydrogen-bond acceptors (Lipinski definition) is 5. The van der Waals surface area contributed by atoms with Crippen LogP contribution in [0.1, 0.15) is 51.4 Å². The molecule has 0 bridgehead atoms. The standard InChI is InChI=1S/C14H25N5/c1-10-11(18-15)16-13(14(2,3)4)17-12(10)19-8-6-5-7-9-19/h5-9,15H2,1-4H3,(H,16,17,18). The van der Waals surface area contributed by atoms with Gasteiger partial charge in [0.15, 0.2) is 0 Å². The third-order valence-electron chi connectivity index (χ3n) is 3.58. The third kappa shape index (κ3) is 2.97. The largest absolute Gasteiger partial charge is 0.356 e. The topological polar surface area (TPSA) is 67.1 Å². The number of aromatic nitrogens is 2. The second kappa shape index (κ2) is 5.33. The summed E-state index contributed by atoms with van der Waals surface area (Å²) in [5, 5.41) is 0. The monoisotopic (exact) mass is 263 g/mol. The van der Waals surface area contributed by atoms with Gasteiger partial charge in [0.1, 0.15) is 17.5 Å². The summed E-state index contributed by atoms with van der Waals surface area (Å²) >= 11 is 0. The van der Waals surface area contributed by atoms with E-state index in [0.717, 1.165) is 36.1 Å². The second-order valence-corrected chi connectivity index (χ2v) is 6.29. The third-order valence-corrected chi connectivity index (χ3v) is 3.58. The Kier molecular flexibility index (Phi) is 3.94. The number of nitrogen functional groups attached to an aromatic ring is 1. The van der Waals surface area contributed by atoms with E-state index in [2.05, 4.69) is 36.1 Å². The maximum atomic E-state index is 5.60. The van der Waals surface area contributed by atoms with Crippen LogP contribution in [0.15, 0.2) is 0 Å². The first kappa shape index (κ1) is 14.1. The molecule has 1 fully saturated rings. The Balaban J connectivity index is 2.45. The van der Waals surface area contributed by atoms with Gasteiger partial charge in [-0.05, 0) is 26.2 Å². The number of nitrogens with zero attached hydrogens (tertiary/aromatic N) is 3. The molecule has 0 spiro atoms. The van der Waals surface area contributed by atoms with Gasteiger partial charge in [-0.25, -0.2) is 15.8 Å². The number of hydrogen-bond donors (Lipinski definition) is 2. The highest BCUT2D eigenvalue weighted by Gasteiger charge is 2.23. The van der Waals surface area contributed by atoms with Crippen molar-refractivity contribution < 1.29 is 0 Å². The zero-order valence-electron chi connectivity index (χ0n) is 12.5. The van der Waals surface area contributed by atoms with E-state index in [0.29, 0.717) is 0 Å². The number of nitrogens with two attached hydrogens (primary N) is 1. The lowest BCUT2D eigenvalue weighted by Crippen LogP contribution is -2.32. The minimum atomic E-state index is -0.0795. The van der Waals surface area contributed by atoms with Crippen molar-refractivity contribution in [1.82, 2.24) is 9.97 Å². The van der Waals surface area contributed by atoms with Crippen molar-refractivity contribution >= 4 is 11.6 Å². The van der Waals surface area contributed by atoms with Gasteiger partial charge < -0.3 is 10.3 Å². The van der Waals surface area contributed by atoms with Gasteiger partial charge in [-0.2, -0.15) is 0 Å². The number of nitrogens with one attached hydrogen (secondary N) is 1. The minimum Gasteiger partial charge on any atom is -0.356 e. The predicted molar refractivity (Wildman–Crippen MR) is 79.3 cm³/mol. The van der Waals surface area contributed by atoms with Gasteiger partial charge in [-0.1, -0.05) is 20.8 Å². The summed E-state index contributed by atoms with van der Waals surface area (Å²) in [5.74, 6) is 8.21. The van der Waals surface area contributed by atoms with Gasteiger partial charge in [0.05, 0.1) is 0 Å². The van der Waals surface area contributed by atoms with Gasteiger partial charge in [0, 0.05) is 24.1 Å². The Morgan fingerprint density at radius 1 is 1.11 bits per heavy atom. The minimum absolute atomic E-state index is 0.0795. The number of hydrazine groups is 1. The van der Waals surface area contributed by atoms with Crippen LogP contribution in [0.2, 0.25) is 0 Å². The highest BCUT2D eigenvalue weighted by Crippen LogP contribution is 2.29. The Morgan fingerprint density at radius 3 is 2.26 bits per heavy atom. The summed E-state index contributed by atoms with van der Waals surface area (Å²) in [6, 6.07) is 0. The maximum absolute atomic E-state index is 5.60. The van der Waals surface area contributed by atoms with E-state index in [1.54, 1.807) is 0 Å². The van der Waals surface area contributed by atoms with Crippen LogP contribution in [-0.4, -0.2) is 23.1 Å². The van der Waals surface area contributed by atoms with Crippen LogP contribution in [0.3, 0.4) is 0 Å². The molecule has 106 valence electrons. The van der Waals surface area contributed by atoms with E-state index < -0.39 is 0 Å². The first-order valence-electron chi connectivity index (χ1n) is 7.04. The predicted octanol–water partition coefficient (Wildman–Crippen LogP) is 2.36. The zero-order valence-corrected chi connectivity index (χ0v) is 12.5. The van der Waals surface area contributed by atoms with Crippen molar-refractivity contribution in [1.29, 1.82) is 0 Å². The van der Waals surface area contributed by atoms with Crippen LogP contribution in [-0.2, 0) is 5.41 Å². The molecule has 1 aromatic heterocycles. The SMILES string of the molecule is Cc1c(NN)nc(C(C)(C)C)nc1N1CCCCC1. The number of anilines is 2. The molecule has 0 atom stereocenters. The van der Waals surface area contributed by atoms with E-state index >= 15 is 0 Å². The molecule has 5 heteroatoms. The molecule has 0 unspecified atom stereocenters. The zero-order chi connectivity index (χ0) is 14.0. The Labute approximate surface area is 115 Å². The average molecular weight is 263 g/mol. The van der Waals surface area contributed by atoms with Crippen molar-refractivity contribution in [3.8, 4) is 0 Å². The first-order chi connectivity index (χ1) is 8.93. The van der Waals surface area contributed by atoms with Gasteiger partial charge in [0.2, 0.25) is 0 Å². The van der Waals surface area contributed by atoms with Crippen molar-refractivity contribution in [2.75, 3.05) is 23.4 Å². The van der Waals surface area contributed by atoms with E-state index in [9.17, 15) is 0 Å². The van der Waals surface area contributed by atoms with Crippen LogP contribution in [0.5, 0.6) is 0 Å². The summed E-state index contributed by atoms with van der Waals surface area (Å²) < 4.78 is 0. The average Bonchev–Trinajstić information content (AvgIpc) is 2.38. The lowest BCUT2D eigenvalue weighted by molar-refractivity contribution is 0.535. The summed E-state index contributed by atoms with van der Waals surface area (Å²) in [5.41, 5.74) is 3.67. The van der Waals surface area contributed by atoms with Crippen LogP contribution in [0, 0.1) is 6.92 Å². The fourth-order valence-electron chi connectivity index (χ4n) is 2.39. The quantitative estimate of drug-likeness (QED) is 0.633. The molecule has 1 aliphatic heterocycles. The van der Waals surface area contributed by atoms with E-state index in [4.69, 9.17) is 10.8 Å². The molecule has 1 aliphatic rings. The van der Waals surface area contributed by atoms with Gasteiger partial charge in [-0.3, -0.25) is 0 Å². The lowest BCUT2D eigenvalue weighted by Gasteiger charge is -2.31. The van der Waals surface area contributed by atoms with Crippen LogP contribution in [0.25, 0.3) is 0 Å². The van der Waals surface area contributed by atoms with Crippen molar-refractivity contribution in [2.45, 2.75) is 52.4 Å². The van der Waals surface area contributed by atoms with E-state index in [-0.39, 0.29) is 5.41 Å². The Hall–Kier alpha value is -1.36.